The van der Waals surface area contributed by atoms with Crippen molar-refractivity contribution < 1.29 is 0 Å². The first-order valence-electron chi connectivity index (χ1n) is 7.23. The molecule has 4 nitrogen and oxygen atoms in total. The van der Waals surface area contributed by atoms with Gasteiger partial charge in [-0.3, -0.25) is 4.68 Å². The molecule has 0 aliphatic carbocycles. The molecule has 108 valence electrons. The Bertz CT molecular complexity index is 563. The molecule has 0 aliphatic heterocycles. The first-order valence-corrected chi connectivity index (χ1v) is 7.23. The highest BCUT2D eigenvalue weighted by Gasteiger charge is 2.16. The van der Waals surface area contributed by atoms with Crippen LogP contribution in [0.1, 0.15) is 47.5 Å². The molecule has 2 aromatic rings. The van der Waals surface area contributed by atoms with E-state index < -0.39 is 0 Å². The van der Waals surface area contributed by atoms with Crippen molar-refractivity contribution in [2.24, 2.45) is 5.73 Å². The second kappa shape index (κ2) is 6.18. The molecule has 1 aromatic heterocycles. The van der Waals surface area contributed by atoms with Crippen LogP contribution >= 0.6 is 0 Å². The minimum absolute atomic E-state index is 0.0320. The van der Waals surface area contributed by atoms with E-state index in [2.05, 4.69) is 49.9 Å². The Kier molecular flexibility index (Phi) is 4.55. The quantitative estimate of drug-likeness (QED) is 0.910. The van der Waals surface area contributed by atoms with Crippen LogP contribution in [-0.2, 0) is 13.0 Å². The van der Waals surface area contributed by atoms with Crippen LogP contribution in [0.15, 0.2) is 18.5 Å². The summed E-state index contributed by atoms with van der Waals surface area (Å²) in [4.78, 5) is 4.35. The van der Waals surface area contributed by atoms with Crippen LogP contribution in [0, 0.1) is 20.8 Å². The van der Waals surface area contributed by atoms with Gasteiger partial charge < -0.3 is 5.73 Å². The van der Waals surface area contributed by atoms with Crippen LogP contribution in [0.5, 0.6) is 0 Å². The number of nitrogens with zero attached hydrogens (tertiary/aromatic N) is 3. The van der Waals surface area contributed by atoms with Gasteiger partial charge in [0.1, 0.15) is 12.2 Å². The predicted molar refractivity (Wildman–Crippen MR) is 81.6 cm³/mol. The molecule has 4 heteroatoms. The van der Waals surface area contributed by atoms with Crippen molar-refractivity contribution in [1.82, 2.24) is 14.8 Å². The molecule has 1 unspecified atom stereocenters. The number of aromatic nitrogens is 3. The summed E-state index contributed by atoms with van der Waals surface area (Å²) < 4.78 is 1.96. The predicted octanol–water partition coefficient (Wildman–Crippen LogP) is 2.86. The fourth-order valence-electron chi connectivity index (χ4n) is 2.92. The molecule has 0 spiro atoms. The third kappa shape index (κ3) is 3.07. The second-order valence-electron chi connectivity index (χ2n) is 5.52. The summed E-state index contributed by atoms with van der Waals surface area (Å²) in [6.07, 6.45) is 3.39. The van der Waals surface area contributed by atoms with Crippen LogP contribution in [0.3, 0.4) is 0 Å². The van der Waals surface area contributed by atoms with Crippen molar-refractivity contribution in [1.29, 1.82) is 0 Å². The summed E-state index contributed by atoms with van der Waals surface area (Å²) in [6, 6.07) is 4.35. The van der Waals surface area contributed by atoms with Crippen LogP contribution in [0.2, 0.25) is 0 Å². The third-order valence-corrected chi connectivity index (χ3v) is 3.64. The zero-order valence-corrected chi connectivity index (χ0v) is 12.8. The van der Waals surface area contributed by atoms with E-state index in [1.165, 1.54) is 22.3 Å². The summed E-state index contributed by atoms with van der Waals surface area (Å²) in [5.74, 6) is 0.971. The molecule has 2 rings (SSSR count). The monoisotopic (exact) mass is 272 g/mol. The molecule has 2 N–H and O–H groups in total. The van der Waals surface area contributed by atoms with Crippen molar-refractivity contribution in [3.8, 4) is 0 Å². The van der Waals surface area contributed by atoms with Gasteiger partial charge in [0.15, 0.2) is 0 Å². The van der Waals surface area contributed by atoms with Crippen LogP contribution in [0.25, 0.3) is 0 Å². The first kappa shape index (κ1) is 14.7. The van der Waals surface area contributed by atoms with Gasteiger partial charge in [-0.2, -0.15) is 5.10 Å². The van der Waals surface area contributed by atoms with E-state index in [0.717, 1.165) is 25.2 Å². The Morgan fingerprint density at radius 1 is 1.20 bits per heavy atom. The third-order valence-electron chi connectivity index (χ3n) is 3.64. The highest BCUT2D eigenvalue weighted by Crippen LogP contribution is 2.24. The van der Waals surface area contributed by atoms with E-state index in [0.29, 0.717) is 0 Å². The summed E-state index contributed by atoms with van der Waals surface area (Å²) in [5, 5.41) is 4.26. The number of rotatable bonds is 5. The average Bonchev–Trinajstić information content (AvgIpc) is 2.75. The Balaban J connectivity index is 2.24. The zero-order valence-electron chi connectivity index (χ0n) is 12.8. The number of benzene rings is 1. The lowest BCUT2D eigenvalue weighted by Crippen LogP contribution is -2.19. The van der Waals surface area contributed by atoms with Gasteiger partial charge >= 0.3 is 0 Å². The molecule has 0 fully saturated rings. The fourth-order valence-corrected chi connectivity index (χ4v) is 2.92. The van der Waals surface area contributed by atoms with Gasteiger partial charge in [-0.15, -0.1) is 0 Å². The Morgan fingerprint density at radius 3 is 2.45 bits per heavy atom. The molecule has 1 atom stereocenters. The lowest BCUT2D eigenvalue weighted by molar-refractivity contribution is 0.547. The number of hydrogen-bond donors (Lipinski definition) is 1. The molecule has 1 aromatic carbocycles. The smallest absolute Gasteiger partial charge is 0.138 e. The maximum absolute atomic E-state index is 6.42. The second-order valence-corrected chi connectivity index (χ2v) is 5.52. The summed E-state index contributed by atoms with van der Waals surface area (Å²) in [5.41, 5.74) is 11.5. The first-order chi connectivity index (χ1) is 9.52. The van der Waals surface area contributed by atoms with Crippen molar-refractivity contribution in [3.63, 3.8) is 0 Å². The van der Waals surface area contributed by atoms with E-state index in [9.17, 15) is 0 Å². The normalized spacial score (nSPS) is 12.7. The van der Waals surface area contributed by atoms with Gasteiger partial charge in [0.2, 0.25) is 0 Å². The summed E-state index contributed by atoms with van der Waals surface area (Å²) in [7, 11) is 0. The van der Waals surface area contributed by atoms with Crippen LogP contribution in [0.4, 0.5) is 0 Å². The molecular weight excluding hydrogens is 248 g/mol. The van der Waals surface area contributed by atoms with Gasteiger partial charge in [-0.1, -0.05) is 24.6 Å². The molecule has 0 amide bonds. The minimum Gasteiger partial charge on any atom is -0.324 e. The standard InChI is InChI=1S/C16H24N4/c1-5-6-20-15(18-10-19-20)9-14(17)16-12(3)7-11(2)8-13(16)4/h7-8,10,14H,5-6,9,17H2,1-4H3. The topological polar surface area (TPSA) is 56.7 Å². The molecule has 0 bridgehead atoms. The minimum atomic E-state index is -0.0320. The van der Waals surface area contributed by atoms with E-state index in [-0.39, 0.29) is 6.04 Å². The highest BCUT2D eigenvalue weighted by molar-refractivity contribution is 5.39. The van der Waals surface area contributed by atoms with Gasteiger partial charge in [0.25, 0.3) is 0 Å². The van der Waals surface area contributed by atoms with E-state index in [4.69, 9.17) is 5.73 Å². The van der Waals surface area contributed by atoms with Crippen molar-refractivity contribution in [3.05, 3.63) is 46.5 Å². The SMILES string of the molecule is CCCn1ncnc1CC(N)c1c(C)cc(C)cc1C. The molecular formula is C16H24N4. The van der Waals surface area contributed by atoms with Gasteiger partial charge in [0.05, 0.1) is 0 Å². The number of aryl methyl sites for hydroxylation is 4. The number of hydrogen-bond acceptors (Lipinski definition) is 3. The Morgan fingerprint density at radius 2 is 1.85 bits per heavy atom. The fraction of sp³-hybridized carbons (Fsp3) is 0.500. The zero-order chi connectivity index (χ0) is 14.7. The van der Waals surface area contributed by atoms with Crippen LogP contribution in [-0.4, -0.2) is 14.8 Å². The van der Waals surface area contributed by atoms with Crippen molar-refractivity contribution in [2.75, 3.05) is 0 Å². The van der Waals surface area contributed by atoms with Gasteiger partial charge in [-0.25, -0.2) is 4.98 Å². The van der Waals surface area contributed by atoms with Gasteiger partial charge in [-0.05, 0) is 43.9 Å². The molecule has 0 radical (unpaired) electrons. The number of nitrogens with two attached hydrogens (primary N) is 1. The molecule has 0 aliphatic rings. The Labute approximate surface area is 121 Å². The van der Waals surface area contributed by atoms with E-state index in [1.807, 2.05) is 4.68 Å². The molecule has 0 saturated carbocycles. The maximum Gasteiger partial charge on any atom is 0.138 e. The average molecular weight is 272 g/mol. The lowest BCUT2D eigenvalue weighted by atomic mass is 9.93. The highest BCUT2D eigenvalue weighted by atomic mass is 15.3. The summed E-state index contributed by atoms with van der Waals surface area (Å²) in [6.45, 7) is 9.42. The molecule has 1 heterocycles. The van der Waals surface area contributed by atoms with E-state index >= 15 is 0 Å². The van der Waals surface area contributed by atoms with Crippen molar-refractivity contribution in [2.45, 2.75) is 53.1 Å². The molecule has 0 saturated heterocycles. The molecule has 20 heavy (non-hydrogen) atoms. The van der Waals surface area contributed by atoms with E-state index in [1.54, 1.807) is 6.33 Å². The lowest BCUT2D eigenvalue weighted by Gasteiger charge is -2.18. The largest absolute Gasteiger partial charge is 0.324 e. The van der Waals surface area contributed by atoms with Gasteiger partial charge in [0, 0.05) is 19.0 Å². The van der Waals surface area contributed by atoms with Crippen LogP contribution < -0.4 is 5.73 Å². The summed E-state index contributed by atoms with van der Waals surface area (Å²) >= 11 is 0. The van der Waals surface area contributed by atoms with Crippen molar-refractivity contribution >= 4 is 0 Å². The Hall–Kier alpha value is -1.68. The maximum atomic E-state index is 6.42.